The Labute approximate surface area is 90.3 Å². The number of nitrogens with one attached hydrogen (secondary N) is 1. The molecule has 0 radical (unpaired) electrons. The zero-order valence-electron chi connectivity index (χ0n) is 7.29. The fraction of sp³-hybridized carbons (Fsp3) is 0.625. The highest BCUT2D eigenvalue weighted by Crippen LogP contribution is 2.23. The fourth-order valence-electron chi connectivity index (χ4n) is 1.43. The van der Waals surface area contributed by atoms with Crippen molar-refractivity contribution in [3.8, 4) is 0 Å². The SMILES string of the molecule is Brc1csc(N2CCCNCC2)n1. The summed E-state index contributed by atoms with van der Waals surface area (Å²) in [4.78, 5) is 6.75. The maximum Gasteiger partial charge on any atom is 0.186 e. The first-order valence-electron chi connectivity index (χ1n) is 4.43. The van der Waals surface area contributed by atoms with Gasteiger partial charge in [0.05, 0.1) is 0 Å². The molecule has 2 heterocycles. The zero-order valence-corrected chi connectivity index (χ0v) is 9.70. The van der Waals surface area contributed by atoms with E-state index in [9.17, 15) is 0 Å². The Morgan fingerprint density at radius 3 is 3.15 bits per heavy atom. The molecule has 1 aromatic rings. The third-order valence-corrected chi connectivity index (χ3v) is 3.69. The smallest absolute Gasteiger partial charge is 0.186 e. The maximum atomic E-state index is 4.41. The Morgan fingerprint density at radius 1 is 1.46 bits per heavy atom. The predicted molar refractivity (Wildman–Crippen MR) is 59.5 cm³/mol. The van der Waals surface area contributed by atoms with E-state index in [2.05, 4.69) is 31.1 Å². The molecule has 1 saturated heterocycles. The van der Waals surface area contributed by atoms with E-state index >= 15 is 0 Å². The number of thiazole rings is 1. The van der Waals surface area contributed by atoms with Gasteiger partial charge >= 0.3 is 0 Å². The molecule has 0 spiro atoms. The van der Waals surface area contributed by atoms with E-state index in [1.165, 1.54) is 6.42 Å². The molecule has 2 rings (SSSR count). The van der Waals surface area contributed by atoms with Crippen LogP contribution in [0.2, 0.25) is 0 Å². The van der Waals surface area contributed by atoms with Crippen LogP contribution >= 0.6 is 27.3 Å². The average Bonchev–Trinajstić information content (AvgIpc) is 2.43. The van der Waals surface area contributed by atoms with Gasteiger partial charge in [-0.3, -0.25) is 0 Å². The van der Waals surface area contributed by atoms with Gasteiger partial charge in [-0.15, -0.1) is 11.3 Å². The van der Waals surface area contributed by atoms with Crippen molar-refractivity contribution in [2.75, 3.05) is 31.1 Å². The maximum absolute atomic E-state index is 4.41. The average molecular weight is 262 g/mol. The molecule has 13 heavy (non-hydrogen) atoms. The molecule has 3 nitrogen and oxygen atoms in total. The van der Waals surface area contributed by atoms with E-state index in [0.29, 0.717) is 0 Å². The van der Waals surface area contributed by atoms with Crippen molar-refractivity contribution < 1.29 is 0 Å². The summed E-state index contributed by atoms with van der Waals surface area (Å²) in [6, 6.07) is 0. The van der Waals surface area contributed by atoms with Crippen LogP contribution in [-0.2, 0) is 0 Å². The first-order valence-corrected chi connectivity index (χ1v) is 6.10. The number of anilines is 1. The lowest BCUT2D eigenvalue weighted by Gasteiger charge is -2.17. The monoisotopic (exact) mass is 261 g/mol. The van der Waals surface area contributed by atoms with Crippen LogP contribution < -0.4 is 10.2 Å². The highest BCUT2D eigenvalue weighted by Gasteiger charge is 2.11. The van der Waals surface area contributed by atoms with Crippen LogP contribution in [0, 0.1) is 0 Å². The molecule has 1 fully saturated rings. The molecule has 1 aliphatic rings. The second kappa shape index (κ2) is 4.39. The van der Waals surface area contributed by atoms with Gasteiger partial charge in [0.1, 0.15) is 4.60 Å². The molecule has 0 saturated carbocycles. The van der Waals surface area contributed by atoms with Crippen molar-refractivity contribution >= 4 is 32.4 Å². The van der Waals surface area contributed by atoms with Gasteiger partial charge in [-0.25, -0.2) is 4.98 Å². The van der Waals surface area contributed by atoms with Gasteiger partial charge in [0, 0.05) is 25.0 Å². The largest absolute Gasteiger partial charge is 0.347 e. The molecule has 1 aliphatic heterocycles. The minimum atomic E-state index is 0.949. The van der Waals surface area contributed by atoms with E-state index in [4.69, 9.17) is 0 Å². The molecular formula is C8H12BrN3S. The van der Waals surface area contributed by atoms with E-state index in [-0.39, 0.29) is 0 Å². The number of halogens is 1. The number of nitrogens with zero attached hydrogens (tertiary/aromatic N) is 2. The summed E-state index contributed by atoms with van der Waals surface area (Å²) >= 11 is 5.08. The Kier molecular flexibility index (Phi) is 3.18. The second-order valence-corrected chi connectivity index (χ2v) is 4.69. The molecule has 5 heteroatoms. The summed E-state index contributed by atoms with van der Waals surface area (Å²) in [5.74, 6) is 0. The Balaban J connectivity index is 2.06. The van der Waals surface area contributed by atoms with Crippen molar-refractivity contribution in [1.82, 2.24) is 10.3 Å². The van der Waals surface area contributed by atoms with Crippen molar-refractivity contribution in [1.29, 1.82) is 0 Å². The van der Waals surface area contributed by atoms with E-state index < -0.39 is 0 Å². The minimum Gasteiger partial charge on any atom is -0.347 e. The van der Waals surface area contributed by atoms with Gasteiger partial charge in [0.25, 0.3) is 0 Å². The first-order chi connectivity index (χ1) is 6.36. The highest BCUT2D eigenvalue weighted by atomic mass is 79.9. The van der Waals surface area contributed by atoms with Crippen LogP contribution in [0.15, 0.2) is 9.98 Å². The first kappa shape index (κ1) is 9.43. The number of aromatic nitrogens is 1. The van der Waals surface area contributed by atoms with Gasteiger partial charge < -0.3 is 10.2 Å². The highest BCUT2D eigenvalue weighted by molar-refractivity contribution is 9.10. The van der Waals surface area contributed by atoms with Crippen LogP contribution in [0.4, 0.5) is 5.13 Å². The minimum absolute atomic E-state index is 0.949. The lowest BCUT2D eigenvalue weighted by Crippen LogP contribution is -2.27. The summed E-state index contributed by atoms with van der Waals surface area (Å²) in [5, 5.41) is 6.55. The van der Waals surface area contributed by atoms with E-state index in [1.54, 1.807) is 11.3 Å². The van der Waals surface area contributed by atoms with Crippen molar-refractivity contribution in [3.63, 3.8) is 0 Å². The van der Waals surface area contributed by atoms with Crippen molar-refractivity contribution in [3.05, 3.63) is 9.98 Å². The van der Waals surface area contributed by atoms with Crippen LogP contribution in [0.3, 0.4) is 0 Å². The quantitative estimate of drug-likeness (QED) is 0.835. The molecule has 1 aromatic heterocycles. The van der Waals surface area contributed by atoms with Crippen LogP contribution in [0.1, 0.15) is 6.42 Å². The molecule has 0 bridgehead atoms. The molecular weight excluding hydrogens is 250 g/mol. The van der Waals surface area contributed by atoms with Gasteiger partial charge in [0.15, 0.2) is 5.13 Å². The third-order valence-electron chi connectivity index (χ3n) is 2.07. The number of rotatable bonds is 1. The Hall–Kier alpha value is -0.130. The summed E-state index contributed by atoms with van der Waals surface area (Å²) in [6.07, 6.45) is 1.21. The summed E-state index contributed by atoms with van der Waals surface area (Å²) in [6.45, 7) is 4.38. The molecule has 0 aliphatic carbocycles. The Bertz CT molecular complexity index is 268. The lowest BCUT2D eigenvalue weighted by atomic mass is 10.4. The molecule has 0 aromatic carbocycles. The van der Waals surface area contributed by atoms with Crippen molar-refractivity contribution in [2.45, 2.75) is 6.42 Å². The summed E-state index contributed by atoms with van der Waals surface area (Å²) in [7, 11) is 0. The predicted octanol–water partition coefficient (Wildman–Crippen LogP) is 1.71. The van der Waals surface area contributed by atoms with Crippen LogP contribution in [0.25, 0.3) is 0 Å². The van der Waals surface area contributed by atoms with Crippen LogP contribution in [-0.4, -0.2) is 31.2 Å². The van der Waals surface area contributed by atoms with Gasteiger partial charge in [-0.2, -0.15) is 0 Å². The normalized spacial score (nSPS) is 18.7. The summed E-state index contributed by atoms with van der Waals surface area (Å²) < 4.78 is 0.949. The van der Waals surface area contributed by atoms with Gasteiger partial charge in [-0.1, -0.05) is 0 Å². The van der Waals surface area contributed by atoms with E-state index in [0.717, 1.165) is 35.9 Å². The molecule has 0 unspecified atom stereocenters. The zero-order chi connectivity index (χ0) is 9.10. The van der Waals surface area contributed by atoms with Gasteiger partial charge in [-0.05, 0) is 28.9 Å². The van der Waals surface area contributed by atoms with Gasteiger partial charge in [0.2, 0.25) is 0 Å². The van der Waals surface area contributed by atoms with Crippen LogP contribution in [0.5, 0.6) is 0 Å². The number of hydrogen-bond acceptors (Lipinski definition) is 4. The van der Waals surface area contributed by atoms with E-state index in [1.807, 2.05) is 5.38 Å². The third kappa shape index (κ3) is 2.42. The Morgan fingerprint density at radius 2 is 2.38 bits per heavy atom. The summed E-state index contributed by atoms with van der Waals surface area (Å²) in [5.41, 5.74) is 0. The molecule has 1 N–H and O–H groups in total. The number of hydrogen-bond donors (Lipinski definition) is 1. The topological polar surface area (TPSA) is 28.2 Å². The standard InChI is InChI=1S/C8H12BrN3S/c9-7-6-13-8(11-7)12-4-1-2-10-3-5-12/h6,10H,1-5H2. The van der Waals surface area contributed by atoms with Crippen molar-refractivity contribution in [2.24, 2.45) is 0 Å². The molecule has 0 atom stereocenters. The fourth-order valence-corrected chi connectivity index (χ4v) is 2.73. The molecule has 72 valence electrons. The molecule has 0 amide bonds. The lowest BCUT2D eigenvalue weighted by molar-refractivity contribution is 0.724. The second-order valence-electron chi connectivity index (χ2n) is 3.04.